The second-order valence-electron chi connectivity index (χ2n) is 9.05. The fourth-order valence-electron chi connectivity index (χ4n) is 4.52. The van der Waals surface area contributed by atoms with Crippen molar-refractivity contribution in [3.8, 4) is 0 Å². The molecule has 2 aromatic rings. The first kappa shape index (κ1) is 24.6. The van der Waals surface area contributed by atoms with Crippen molar-refractivity contribution in [2.45, 2.75) is 37.5 Å². The number of rotatable bonds is 7. The smallest absolute Gasteiger partial charge is 0.243 e. The van der Waals surface area contributed by atoms with Gasteiger partial charge in [0.1, 0.15) is 0 Å². The third-order valence-electron chi connectivity index (χ3n) is 6.71. The van der Waals surface area contributed by atoms with Crippen LogP contribution in [0, 0.1) is 12.8 Å². The summed E-state index contributed by atoms with van der Waals surface area (Å²) in [5.74, 6) is 0.207. The third kappa shape index (κ3) is 5.74. The lowest BCUT2D eigenvalue weighted by molar-refractivity contribution is -0.132. The molecule has 2 fully saturated rings. The van der Waals surface area contributed by atoms with E-state index in [2.05, 4.69) is 0 Å². The maximum absolute atomic E-state index is 12.7. The molecule has 4 rings (SSSR count). The number of ketones is 1. The van der Waals surface area contributed by atoms with Crippen molar-refractivity contribution >= 4 is 21.7 Å². The summed E-state index contributed by atoms with van der Waals surface area (Å²) in [4.78, 5) is 27.6. The number of nitrogens with zero attached hydrogens (tertiary/aromatic N) is 2. The molecule has 0 N–H and O–H groups in total. The van der Waals surface area contributed by atoms with Crippen LogP contribution in [-0.2, 0) is 26.0 Å². The minimum Gasteiger partial charge on any atom is -0.379 e. The van der Waals surface area contributed by atoms with Gasteiger partial charge >= 0.3 is 0 Å². The van der Waals surface area contributed by atoms with E-state index in [1.807, 2.05) is 36.1 Å². The Kier molecular flexibility index (Phi) is 7.80. The second kappa shape index (κ2) is 10.8. The molecule has 2 aromatic carbocycles. The highest BCUT2D eigenvalue weighted by Crippen LogP contribution is 2.23. The molecule has 0 saturated carbocycles. The number of carbonyl (C=O) groups excluding carboxylic acids is 2. The highest BCUT2D eigenvalue weighted by Gasteiger charge is 2.28. The number of Topliss-reactive ketones (excluding diaryl/α,β-unsaturated/α-hetero) is 1. The quantitative estimate of drug-likeness (QED) is 0.564. The predicted octanol–water partition coefficient (Wildman–Crippen LogP) is 3.07. The van der Waals surface area contributed by atoms with Crippen molar-refractivity contribution in [3.63, 3.8) is 0 Å². The Labute approximate surface area is 201 Å². The average molecular weight is 485 g/mol. The van der Waals surface area contributed by atoms with Gasteiger partial charge in [0.15, 0.2) is 5.78 Å². The minimum atomic E-state index is -3.51. The van der Waals surface area contributed by atoms with Gasteiger partial charge in [-0.25, -0.2) is 8.42 Å². The number of amides is 1. The van der Waals surface area contributed by atoms with Crippen molar-refractivity contribution in [1.29, 1.82) is 0 Å². The van der Waals surface area contributed by atoms with Crippen LogP contribution in [0.15, 0.2) is 53.4 Å². The lowest BCUT2D eigenvalue weighted by atomic mass is 9.88. The van der Waals surface area contributed by atoms with Crippen LogP contribution in [-0.4, -0.2) is 68.7 Å². The molecular weight excluding hydrogens is 452 g/mol. The number of aryl methyl sites for hydroxylation is 2. The zero-order valence-corrected chi connectivity index (χ0v) is 20.4. The van der Waals surface area contributed by atoms with Crippen molar-refractivity contribution < 1.29 is 22.7 Å². The van der Waals surface area contributed by atoms with Crippen molar-refractivity contribution in [2.75, 3.05) is 39.4 Å². The van der Waals surface area contributed by atoms with Gasteiger partial charge in [-0.05, 0) is 43.9 Å². The lowest BCUT2D eigenvalue weighted by Crippen LogP contribution is -2.40. The maximum Gasteiger partial charge on any atom is 0.243 e. The number of sulfonamides is 1. The zero-order valence-electron chi connectivity index (χ0n) is 19.6. The maximum atomic E-state index is 12.7. The van der Waals surface area contributed by atoms with Crippen LogP contribution in [0.1, 0.15) is 40.7 Å². The van der Waals surface area contributed by atoms with E-state index in [-0.39, 0.29) is 22.5 Å². The summed E-state index contributed by atoms with van der Waals surface area (Å²) < 4.78 is 32.2. The molecule has 8 heteroatoms. The van der Waals surface area contributed by atoms with Gasteiger partial charge in [-0.1, -0.05) is 42.0 Å². The number of ether oxygens (including phenoxy) is 1. The van der Waals surface area contributed by atoms with Crippen LogP contribution >= 0.6 is 0 Å². The Balaban J connectivity index is 1.25. The Morgan fingerprint density at radius 2 is 1.53 bits per heavy atom. The van der Waals surface area contributed by atoms with E-state index in [9.17, 15) is 18.0 Å². The third-order valence-corrected chi connectivity index (χ3v) is 8.63. The second-order valence-corrected chi connectivity index (χ2v) is 11.0. The monoisotopic (exact) mass is 484 g/mol. The molecule has 0 aromatic heterocycles. The van der Waals surface area contributed by atoms with E-state index >= 15 is 0 Å². The van der Waals surface area contributed by atoms with Crippen LogP contribution < -0.4 is 0 Å². The van der Waals surface area contributed by atoms with Gasteiger partial charge in [0.05, 0.1) is 18.1 Å². The van der Waals surface area contributed by atoms with Gasteiger partial charge in [-0.3, -0.25) is 9.59 Å². The number of benzene rings is 2. The highest BCUT2D eigenvalue weighted by atomic mass is 32.2. The summed E-state index contributed by atoms with van der Waals surface area (Å²) in [5.41, 5.74) is 2.80. The number of likely N-dealkylation sites (tertiary alicyclic amines) is 1. The van der Waals surface area contributed by atoms with Gasteiger partial charge < -0.3 is 9.64 Å². The van der Waals surface area contributed by atoms with E-state index < -0.39 is 10.0 Å². The molecule has 0 bridgehead atoms. The number of hydrogen-bond donors (Lipinski definition) is 0. The summed E-state index contributed by atoms with van der Waals surface area (Å²) in [6.07, 6.45) is 2.30. The molecule has 0 unspecified atom stereocenters. The summed E-state index contributed by atoms with van der Waals surface area (Å²) >= 11 is 0. The fourth-order valence-corrected chi connectivity index (χ4v) is 5.93. The van der Waals surface area contributed by atoms with Crippen molar-refractivity contribution in [1.82, 2.24) is 9.21 Å². The van der Waals surface area contributed by atoms with Gasteiger partial charge in [-0.2, -0.15) is 4.31 Å². The summed E-state index contributed by atoms with van der Waals surface area (Å²) in [6.45, 7) is 4.75. The van der Waals surface area contributed by atoms with Crippen LogP contribution in [0.2, 0.25) is 0 Å². The van der Waals surface area contributed by atoms with E-state index in [1.165, 1.54) is 4.31 Å². The van der Waals surface area contributed by atoms with Crippen molar-refractivity contribution in [2.24, 2.45) is 5.92 Å². The Bertz CT molecular complexity index is 1100. The van der Waals surface area contributed by atoms with Crippen LogP contribution in [0.4, 0.5) is 0 Å². The molecular formula is C26H32N2O5S. The Hall–Kier alpha value is -2.55. The Morgan fingerprint density at radius 1 is 0.912 bits per heavy atom. The van der Waals surface area contributed by atoms with Gasteiger partial charge in [0, 0.05) is 44.1 Å². The molecule has 7 nitrogen and oxygen atoms in total. The molecule has 1 amide bonds. The predicted molar refractivity (Wildman–Crippen MR) is 129 cm³/mol. The fraction of sp³-hybridized carbons (Fsp3) is 0.462. The number of morpholine rings is 1. The molecule has 182 valence electrons. The van der Waals surface area contributed by atoms with Gasteiger partial charge in [0.25, 0.3) is 0 Å². The van der Waals surface area contributed by atoms with Gasteiger partial charge in [0.2, 0.25) is 15.9 Å². The topological polar surface area (TPSA) is 84.0 Å². The standard InChI is InChI=1S/C26H32N2O5S/c1-20-2-7-22(8-3-20)26(30)23-12-14-27(15-13-23)25(29)11-6-21-4-9-24(10-5-21)34(31,32)28-16-18-33-19-17-28/h2-5,7-10,23H,6,11-19H2,1H3. The van der Waals surface area contributed by atoms with Crippen molar-refractivity contribution in [3.05, 3.63) is 65.2 Å². The molecule has 2 aliphatic heterocycles. The van der Waals surface area contributed by atoms with Crippen LogP contribution in [0.3, 0.4) is 0 Å². The minimum absolute atomic E-state index is 0.0345. The largest absolute Gasteiger partial charge is 0.379 e. The van der Waals surface area contributed by atoms with E-state index in [0.717, 1.165) is 16.7 Å². The Morgan fingerprint density at radius 3 is 2.15 bits per heavy atom. The van der Waals surface area contributed by atoms with Crippen LogP contribution in [0.25, 0.3) is 0 Å². The normalized spacial score (nSPS) is 18.1. The number of hydrogen-bond acceptors (Lipinski definition) is 5. The van der Waals surface area contributed by atoms with E-state index in [0.29, 0.717) is 65.1 Å². The highest BCUT2D eigenvalue weighted by molar-refractivity contribution is 7.89. The van der Waals surface area contributed by atoms with E-state index in [1.54, 1.807) is 24.3 Å². The molecule has 0 aliphatic carbocycles. The van der Waals surface area contributed by atoms with Gasteiger partial charge in [-0.15, -0.1) is 0 Å². The molecule has 2 saturated heterocycles. The summed E-state index contributed by atoms with van der Waals surface area (Å²) in [7, 11) is -3.51. The lowest BCUT2D eigenvalue weighted by Gasteiger charge is -2.31. The summed E-state index contributed by atoms with van der Waals surface area (Å²) in [6, 6.07) is 14.5. The first-order valence-electron chi connectivity index (χ1n) is 11.9. The molecule has 0 atom stereocenters. The SMILES string of the molecule is Cc1ccc(C(=O)C2CCN(C(=O)CCc3ccc(S(=O)(=O)N4CCOCC4)cc3)CC2)cc1. The van der Waals surface area contributed by atoms with E-state index in [4.69, 9.17) is 4.74 Å². The first-order chi connectivity index (χ1) is 16.3. The number of carbonyl (C=O) groups is 2. The van der Waals surface area contributed by atoms with Crippen LogP contribution in [0.5, 0.6) is 0 Å². The molecule has 0 spiro atoms. The molecule has 2 aliphatic rings. The number of piperidine rings is 1. The summed E-state index contributed by atoms with van der Waals surface area (Å²) in [5, 5.41) is 0. The average Bonchev–Trinajstić information content (AvgIpc) is 2.88. The first-order valence-corrected chi connectivity index (χ1v) is 13.3. The molecule has 2 heterocycles. The zero-order chi connectivity index (χ0) is 24.1. The molecule has 0 radical (unpaired) electrons. The molecule has 34 heavy (non-hydrogen) atoms.